The van der Waals surface area contributed by atoms with Crippen molar-refractivity contribution in [2.24, 2.45) is 0 Å². The van der Waals surface area contributed by atoms with Crippen molar-refractivity contribution in [3.05, 3.63) is 42.0 Å². The van der Waals surface area contributed by atoms with Crippen LogP contribution in [0.25, 0.3) is 21.8 Å². The normalized spacial score (nSPS) is 12.1. The van der Waals surface area contributed by atoms with Gasteiger partial charge in [0.15, 0.2) is 0 Å². The second-order valence-corrected chi connectivity index (χ2v) is 8.53. The first kappa shape index (κ1) is 21.4. The Kier molecular flexibility index (Phi) is 6.63. The molecule has 0 bridgehead atoms. The summed E-state index contributed by atoms with van der Waals surface area (Å²) in [6.07, 6.45) is 2.27. The quantitative estimate of drug-likeness (QED) is 0.451. The van der Waals surface area contributed by atoms with Crippen molar-refractivity contribution in [2.75, 3.05) is 32.1 Å². The topological polar surface area (TPSA) is 37.4 Å². The Morgan fingerprint density at radius 3 is 2.45 bits per heavy atom. The van der Waals surface area contributed by atoms with E-state index in [1.165, 1.54) is 12.0 Å². The molecule has 0 aliphatic carbocycles. The van der Waals surface area contributed by atoms with Crippen LogP contribution in [0.4, 0.5) is 5.69 Å². The van der Waals surface area contributed by atoms with Crippen LogP contribution in [-0.2, 0) is 0 Å². The average molecular weight is 394 g/mol. The highest BCUT2D eigenvalue weighted by Gasteiger charge is 2.21. The Bertz CT molecular complexity index is 977. The predicted molar refractivity (Wildman–Crippen MR) is 125 cm³/mol. The van der Waals surface area contributed by atoms with Gasteiger partial charge in [-0.1, -0.05) is 26.0 Å². The maximum Gasteiger partial charge on any atom is 0.119 e. The number of hydrogen-bond acceptors (Lipinski definition) is 4. The summed E-state index contributed by atoms with van der Waals surface area (Å²) < 4.78 is 5.49. The number of benzene rings is 2. The van der Waals surface area contributed by atoms with Crippen LogP contribution < -0.4 is 10.1 Å². The molecule has 0 unspecified atom stereocenters. The van der Waals surface area contributed by atoms with Gasteiger partial charge in [-0.05, 0) is 83.1 Å². The van der Waals surface area contributed by atoms with Gasteiger partial charge in [0, 0.05) is 16.3 Å². The first-order valence-corrected chi connectivity index (χ1v) is 10.8. The van der Waals surface area contributed by atoms with Gasteiger partial charge in [0.05, 0.1) is 23.8 Å². The number of rotatable bonds is 9. The maximum absolute atomic E-state index is 5.49. The molecule has 0 saturated heterocycles. The molecule has 0 amide bonds. The largest absolute Gasteiger partial charge is 0.497 e. The second-order valence-electron chi connectivity index (χ2n) is 8.53. The number of methoxy groups -OCH3 is 1. The molecule has 0 atom stereocenters. The summed E-state index contributed by atoms with van der Waals surface area (Å²) in [5.74, 6) is 0.855. The van der Waals surface area contributed by atoms with E-state index in [4.69, 9.17) is 9.72 Å². The number of aromatic nitrogens is 1. The van der Waals surface area contributed by atoms with Gasteiger partial charge in [-0.2, -0.15) is 0 Å². The fraction of sp³-hybridized carbons (Fsp3) is 0.480. The molecule has 0 fully saturated rings. The van der Waals surface area contributed by atoms with Crippen LogP contribution in [0, 0.1) is 6.92 Å². The third-order valence-corrected chi connectivity index (χ3v) is 5.77. The van der Waals surface area contributed by atoms with Crippen molar-refractivity contribution in [3.8, 4) is 5.75 Å². The lowest BCUT2D eigenvalue weighted by atomic mass is 9.96. The van der Waals surface area contributed by atoms with E-state index < -0.39 is 0 Å². The number of fused-ring (bicyclic) bond motifs is 2. The molecule has 3 aromatic rings. The maximum atomic E-state index is 5.49. The van der Waals surface area contributed by atoms with Gasteiger partial charge in [0.1, 0.15) is 5.75 Å². The minimum Gasteiger partial charge on any atom is -0.497 e. The Labute approximate surface area is 175 Å². The Morgan fingerprint density at radius 1 is 1.00 bits per heavy atom. The van der Waals surface area contributed by atoms with Crippen LogP contribution in [0.5, 0.6) is 5.75 Å². The lowest BCUT2D eigenvalue weighted by Crippen LogP contribution is -2.33. The number of pyridine rings is 1. The third-order valence-electron chi connectivity index (χ3n) is 5.77. The van der Waals surface area contributed by atoms with Crippen molar-refractivity contribution in [1.29, 1.82) is 0 Å². The lowest BCUT2D eigenvalue weighted by molar-refractivity contribution is 0.287. The third kappa shape index (κ3) is 4.99. The molecule has 0 saturated carbocycles. The molecule has 1 heterocycles. The summed E-state index contributed by atoms with van der Waals surface area (Å²) in [5.41, 5.74) is 4.37. The number of hydrogen-bond donors (Lipinski definition) is 1. The van der Waals surface area contributed by atoms with E-state index in [9.17, 15) is 0 Å². The molecule has 2 aromatic carbocycles. The molecule has 29 heavy (non-hydrogen) atoms. The van der Waals surface area contributed by atoms with E-state index in [1.54, 1.807) is 7.11 Å². The summed E-state index contributed by atoms with van der Waals surface area (Å²) in [6.45, 7) is 14.5. The van der Waals surface area contributed by atoms with Crippen molar-refractivity contribution >= 4 is 27.5 Å². The Hall–Kier alpha value is -2.33. The zero-order valence-electron chi connectivity index (χ0n) is 18.8. The van der Waals surface area contributed by atoms with Crippen molar-refractivity contribution in [3.63, 3.8) is 0 Å². The summed E-state index contributed by atoms with van der Waals surface area (Å²) in [4.78, 5) is 7.40. The van der Waals surface area contributed by atoms with Crippen molar-refractivity contribution < 1.29 is 4.74 Å². The SMILES string of the molecule is CCN(CC)CCCC(C)(C)Nc1c2ccc(C)cc2nc2ccc(OC)cc12. The zero-order valence-corrected chi connectivity index (χ0v) is 18.8. The first-order chi connectivity index (χ1) is 13.9. The minimum atomic E-state index is -0.0255. The Morgan fingerprint density at radius 2 is 1.76 bits per heavy atom. The molecule has 0 radical (unpaired) electrons. The van der Waals surface area contributed by atoms with Crippen LogP contribution in [0.2, 0.25) is 0 Å². The first-order valence-electron chi connectivity index (χ1n) is 10.8. The number of nitrogens with zero attached hydrogens (tertiary/aromatic N) is 2. The molecule has 0 aliphatic rings. The number of ether oxygens (including phenoxy) is 1. The van der Waals surface area contributed by atoms with Crippen molar-refractivity contribution in [1.82, 2.24) is 9.88 Å². The highest BCUT2D eigenvalue weighted by atomic mass is 16.5. The fourth-order valence-electron chi connectivity index (χ4n) is 3.98. The molecule has 0 spiro atoms. The van der Waals surface area contributed by atoms with E-state index in [1.807, 2.05) is 6.07 Å². The number of anilines is 1. The standard InChI is InChI=1S/C25H35N3O/c1-7-28(8-2)15-9-14-25(4,5)27-24-20-12-10-18(3)16-23(20)26-22-13-11-19(29-6)17-21(22)24/h10-13,16-17H,7-9,14-15H2,1-6H3,(H,26,27). The predicted octanol–water partition coefficient (Wildman–Crippen LogP) is 6.02. The van der Waals surface area contributed by atoms with Gasteiger partial charge in [0.25, 0.3) is 0 Å². The molecule has 1 aromatic heterocycles. The van der Waals surface area contributed by atoms with Crippen LogP contribution in [-0.4, -0.2) is 42.2 Å². The van der Waals surface area contributed by atoms with Gasteiger partial charge < -0.3 is 15.0 Å². The minimum absolute atomic E-state index is 0.0255. The smallest absolute Gasteiger partial charge is 0.119 e. The molecular weight excluding hydrogens is 358 g/mol. The highest BCUT2D eigenvalue weighted by Crippen LogP contribution is 2.35. The molecule has 3 rings (SSSR count). The molecule has 1 N–H and O–H groups in total. The van der Waals surface area contributed by atoms with Gasteiger partial charge in [-0.25, -0.2) is 4.98 Å². The zero-order chi connectivity index (χ0) is 21.0. The molecule has 4 heteroatoms. The van der Waals surface area contributed by atoms with Crippen LogP contribution in [0.1, 0.15) is 46.1 Å². The van der Waals surface area contributed by atoms with E-state index in [0.717, 1.165) is 59.3 Å². The number of nitrogens with one attached hydrogen (secondary N) is 1. The molecule has 0 aliphatic heterocycles. The van der Waals surface area contributed by atoms with Crippen molar-refractivity contribution in [2.45, 2.75) is 53.0 Å². The van der Waals surface area contributed by atoms with Gasteiger partial charge in [-0.15, -0.1) is 0 Å². The van der Waals surface area contributed by atoms with E-state index in [-0.39, 0.29) is 5.54 Å². The van der Waals surface area contributed by atoms with Crippen LogP contribution in [0.3, 0.4) is 0 Å². The summed E-state index contributed by atoms with van der Waals surface area (Å²) in [7, 11) is 1.71. The molecule has 156 valence electrons. The average Bonchev–Trinajstić information content (AvgIpc) is 2.70. The Balaban J connectivity index is 1.98. The van der Waals surface area contributed by atoms with Gasteiger partial charge >= 0.3 is 0 Å². The summed E-state index contributed by atoms with van der Waals surface area (Å²) in [5, 5.41) is 6.14. The van der Waals surface area contributed by atoms with E-state index in [0.29, 0.717) is 0 Å². The van der Waals surface area contributed by atoms with Crippen LogP contribution >= 0.6 is 0 Å². The summed E-state index contributed by atoms with van der Waals surface area (Å²) >= 11 is 0. The van der Waals surface area contributed by atoms with Crippen LogP contribution in [0.15, 0.2) is 36.4 Å². The fourth-order valence-corrected chi connectivity index (χ4v) is 3.98. The second kappa shape index (κ2) is 9.00. The number of aryl methyl sites for hydroxylation is 1. The van der Waals surface area contributed by atoms with Gasteiger partial charge in [0.2, 0.25) is 0 Å². The molecular formula is C25H35N3O. The highest BCUT2D eigenvalue weighted by molar-refractivity contribution is 6.08. The monoisotopic (exact) mass is 393 g/mol. The van der Waals surface area contributed by atoms with Gasteiger partial charge in [-0.3, -0.25) is 0 Å². The summed E-state index contributed by atoms with van der Waals surface area (Å²) in [6, 6.07) is 12.6. The molecule has 4 nitrogen and oxygen atoms in total. The lowest BCUT2D eigenvalue weighted by Gasteiger charge is -2.30. The van der Waals surface area contributed by atoms with E-state index in [2.05, 4.69) is 75.2 Å². The van der Waals surface area contributed by atoms with E-state index >= 15 is 0 Å².